The average molecular weight is 291 g/mol. The Balaban J connectivity index is 2.25. The summed E-state index contributed by atoms with van der Waals surface area (Å²) in [5.74, 6) is -0.801. The molecule has 2 rings (SSSR count). The first kappa shape index (κ1) is 15.4. The number of aliphatic carboxylic acids is 1. The molecular weight excluding hydrogens is 270 g/mol. The summed E-state index contributed by atoms with van der Waals surface area (Å²) in [5, 5.41) is 9.39. The predicted octanol–water partition coefficient (Wildman–Crippen LogP) is 2.15. The number of amides is 1. The number of para-hydroxylation sites is 1. The highest BCUT2D eigenvalue weighted by atomic mass is 16.5. The second-order valence-electron chi connectivity index (χ2n) is 5.62. The number of carbonyl (C=O) groups is 2. The van der Waals surface area contributed by atoms with E-state index in [4.69, 9.17) is 4.74 Å². The number of carboxylic acid groups (broad SMARTS) is 1. The van der Waals surface area contributed by atoms with Crippen LogP contribution in [0.2, 0.25) is 0 Å². The summed E-state index contributed by atoms with van der Waals surface area (Å²) in [6.45, 7) is 4.01. The maximum absolute atomic E-state index is 12.3. The van der Waals surface area contributed by atoms with E-state index in [0.717, 1.165) is 5.56 Å². The monoisotopic (exact) mass is 291 g/mol. The van der Waals surface area contributed by atoms with Crippen LogP contribution in [0, 0.1) is 11.8 Å². The van der Waals surface area contributed by atoms with Crippen LogP contribution < -0.4 is 4.74 Å². The zero-order valence-corrected chi connectivity index (χ0v) is 12.6. The zero-order valence-electron chi connectivity index (χ0n) is 12.6. The van der Waals surface area contributed by atoms with Crippen LogP contribution in [0.4, 0.5) is 0 Å². The van der Waals surface area contributed by atoms with E-state index in [0.29, 0.717) is 12.3 Å². The molecule has 1 N–H and O–H groups in total. The van der Waals surface area contributed by atoms with Gasteiger partial charge in [-0.2, -0.15) is 0 Å². The molecule has 1 aliphatic heterocycles. The molecule has 1 aromatic carbocycles. The summed E-state index contributed by atoms with van der Waals surface area (Å²) in [6.07, 6.45) is 0.274. The van der Waals surface area contributed by atoms with Gasteiger partial charge in [0.1, 0.15) is 5.75 Å². The first-order valence-electron chi connectivity index (χ1n) is 7.10. The number of hydrogen-bond acceptors (Lipinski definition) is 3. The van der Waals surface area contributed by atoms with E-state index in [1.807, 2.05) is 38.1 Å². The zero-order chi connectivity index (χ0) is 15.6. The van der Waals surface area contributed by atoms with Crippen LogP contribution in [0.25, 0.3) is 0 Å². The van der Waals surface area contributed by atoms with Gasteiger partial charge >= 0.3 is 5.97 Å². The fourth-order valence-electron chi connectivity index (χ4n) is 3.12. The highest BCUT2D eigenvalue weighted by Crippen LogP contribution is 2.32. The second-order valence-corrected chi connectivity index (χ2v) is 5.62. The smallest absolute Gasteiger partial charge is 0.308 e. The van der Waals surface area contributed by atoms with Gasteiger partial charge in [-0.15, -0.1) is 0 Å². The van der Waals surface area contributed by atoms with Crippen molar-refractivity contribution in [3.63, 3.8) is 0 Å². The summed E-state index contributed by atoms with van der Waals surface area (Å²) in [5.41, 5.74) is 0.888. The van der Waals surface area contributed by atoms with E-state index in [-0.39, 0.29) is 24.3 Å². The van der Waals surface area contributed by atoms with Crippen LogP contribution in [0.1, 0.15) is 25.8 Å². The summed E-state index contributed by atoms with van der Waals surface area (Å²) in [6, 6.07) is 7.15. The number of piperidine rings is 1. The largest absolute Gasteiger partial charge is 0.496 e. The lowest BCUT2D eigenvalue weighted by Gasteiger charge is -2.40. The van der Waals surface area contributed by atoms with Gasteiger partial charge in [-0.3, -0.25) is 9.59 Å². The van der Waals surface area contributed by atoms with E-state index in [1.165, 1.54) is 0 Å². The first-order valence-corrected chi connectivity index (χ1v) is 7.10. The minimum atomic E-state index is -0.840. The molecule has 5 heteroatoms. The van der Waals surface area contributed by atoms with E-state index in [2.05, 4.69) is 0 Å². The number of methoxy groups -OCH3 is 1. The molecule has 1 saturated heterocycles. The van der Waals surface area contributed by atoms with Gasteiger partial charge in [0.25, 0.3) is 0 Å². The van der Waals surface area contributed by atoms with Crippen LogP contribution in [-0.4, -0.2) is 35.0 Å². The fourth-order valence-corrected chi connectivity index (χ4v) is 3.12. The van der Waals surface area contributed by atoms with Crippen LogP contribution in [0.15, 0.2) is 24.3 Å². The van der Waals surface area contributed by atoms with Gasteiger partial charge in [-0.05, 0) is 18.9 Å². The van der Waals surface area contributed by atoms with Gasteiger partial charge in [0.05, 0.1) is 13.0 Å². The summed E-state index contributed by atoms with van der Waals surface area (Å²) < 4.78 is 5.30. The van der Waals surface area contributed by atoms with Crippen LogP contribution in [0.3, 0.4) is 0 Å². The average Bonchev–Trinajstić information content (AvgIpc) is 2.43. The lowest BCUT2D eigenvalue weighted by molar-refractivity contribution is -0.155. The van der Waals surface area contributed by atoms with Crippen molar-refractivity contribution in [1.82, 2.24) is 4.90 Å². The number of ether oxygens (including phenoxy) is 1. The molecule has 1 fully saturated rings. The molecule has 0 aromatic heterocycles. The minimum absolute atomic E-state index is 0.00148. The molecule has 1 aliphatic rings. The highest BCUT2D eigenvalue weighted by molar-refractivity contribution is 5.82. The number of nitrogens with zero attached hydrogens (tertiary/aromatic N) is 1. The molecule has 3 atom stereocenters. The van der Waals surface area contributed by atoms with E-state index >= 15 is 0 Å². The third kappa shape index (κ3) is 3.01. The molecule has 1 aromatic rings. The Morgan fingerprint density at radius 1 is 1.38 bits per heavy atom. The molecule has 0 radical (unpaired) electrons. The number of carboxylic acids is 1. The molecule has 3 unspecified atom stereocenters. The van der Waals surface area contributed by atoms with Crippen molar-refractivity contribution in [2.24, 2.45) is 11.8 Å². The van der Waals surface area contributed by atoms with Crippen LogP contribution in [0.5, 0.6) is 5.75 Å². The molecule has 0 saturated carbocycles. The van der Waals surface area contributed by atoms with Crippen molar-refractivity contribution in [3.8, 4) is 5.75 Å². The van der Waals surface area contributed by atoms with Crippen molar-refractivity contribution in [2.45, 2.75) is 32.9 Å². The Bertz CT molecular complexity index is 543. The Labute approximate surface area is 124 Å². The molecule has 5 nitrogen and oxygen atoms in total. The lowest BCUT2D eigenvalue weighted by atomic mass is 9.81. The Morgan fingerprint density at radius 2 is 2.05 bits per heavy atom. The molecule has 0 aliphatic carbocycles. The van der Waals surface area contributed by atoms with Gasteiger partial charge in [-0.1, -0.05) is 25.1 Å². The van der Waals surface area contributed by atoms with Crippen molar-refractivity contribution >= 4 is 11.9 Å². The number of likely N-dealkylation sites (tertiary alicyclic amines) is 1. The molecule has 1 amide bonds. The van der Waals surface area contributed by atoms with Gasteiger partial charge in [0.2, 0.25) is 5.91 Å². The van der Waals surface area contributed by atoms with Gasteiger partial charge in [0, 0.05) is 24.6 Å². The highest BCUT2D eigenvalue weighted by Gasteiger charge is 2.41. The molecular formula is C16H21NO4. The maximum Gasteiger partial charge on any atom is 0.308 e. The molecule has 114 valence electrons. The Morgan fingerprint density at radius 3 is 2.67 bits per heavy atom. The normalized spacial score (nSPS) is 25.8. The lowest BCUT2D eigenvalue weighted by Crippen LogP contribution is -2.52. The fraction of sp³-hybridized carbons (Fsp3) is 0.500. The minimum Gasteiger partial charge on any atom is -0.496 e. The number of carbonyl (C=O) groups excluding carboxylic acids is 1. The number of rotatable bonds is 4. The van der Waals surface area contributed by atoms with Crippen LogP contribution >= 0.6 is 0 Å². The summed E-state index contributed by atoms with van der Waals surface area (Å²) >= 11 is 0. The number of benzene rings is 1. The van der Waals surface area contributed by atoms with Crippen molar-refractivity contribution in [1.29, 1.82) is 0 Å². The third-order valence-electron chi connectivity index (χ3n) is 4.26. The van der Waals surface area contributed by atoms with Crippen molar-refractivity contribution < 1.29 is 19.4 Å². The Hall–Kier alpha value is -2.04. The standard InChI is InChI=1S/C16H21NO4/c1-10-8-14(18)17(11(2)15(10)16(19)20)9-12-6-4-5-7-13(12)21-3/h4-7,10-11,15H,8-9H2,1-3H3,(H,19,20). The van der Waals surface area contributed by atoms with Crippen molar-refractivity contribution in [3.05, 3.63) is 29.8 Å². The quantitative estimate of drug-likeness (QED) is 0.923. The van der Waals surface area contributed by atoms with Gasteiger partial charge in [-0.25, -0.2) is 0 Å². The molecule has 1 heterocycles. The molecule has 0 spiro atoms. The van der Waals surface area contributed by atoms with Gasteiger partial charge < -0.3 is 14.7 Å². The first-order chi connectivity index (χ1) is 9.95. The molecule has 0 bridgehead atoms. The van der Waals surface area contributed by atoms with Gasteiger partial charge in [0.15, 0.2) is 0 Å². The predicted molar refractivity (Wildman–Crippen MR) is 77.9 cm³/mol. The van der Waals surface area contributed by atoms with Crippen molar-refractivity contribution in [2.75, 3.05) is 7.11 Å². The molecule has 21 heavy (non-hydrogen) atoms. The topological polar surface area (TPSA) is 66.8 Å². The third-order valence-corrected chi connectivity index (χ3v) is 4.26. The maximum atomic E-state index is 12.3. The second kappa shape index (κ2) is 6.16. The SMILES string of the molecule is COc1ccccc1CN1C(=O)CC(C)C(C(=O)O)C1C. The van der Waals surface area contributed by atoms with E-state index in [1.54, 1.807) is 12.0 Å². The Kier molecular flexibility index (Phi) is 4.50. The van der Waals surface area contributed by atoms with Crippen LogP contribution in [-0.2, 0) is 16.1 Å². The number of hydrogen-bond donors (Lipinski definition) is 1. The summed E-state index contributed by atoms with van der Waals surface area (Å²) in [7, 11) is 1.59. The summed E-state index contributed by atoms with van der Waals surface area (Å²) in [4.78, 5) is 25.4. The van der Waals surface area contributed by atoms with E-state index in [9.17, 15) is 14.7 Å². The van der Waals surface area contributed by atoms with E-state index < -0.39 is 11.9 Å².